The van der Waals surface area contributed by atoms with Crippen LogP contribution in [0.5, 0.6) is 0 Å². The number of hydrogen-bond donors (Lipinski definition) is 3. The molecule has 6 heteroatoms. The van der Waals surface area contributed by atoms with Crippen LogP contribution in [0.25, 0.3) is 0 Å². The molecule has 0 heterocycles. The average Bonchev–Trinajstić information content (AvgIpc) is 2.78. The molecule has 0 amide bonds. The maximum atomic E-state index is 12.5. The number of nitrogens with two attached hydrogens (primary N) is 2. The van der Waals surface area contributed by atoms with E-state index < -0.39 is 5.78 Å². The van der Waals surface area contributed by atoms with Gasteiger partial charge in [0.15, 0.2) is 5.76 Å². The van der Waals surface area contributed by atoms with Crippen molar-refractivity contribution >= 4 is 28.6 Å². The lowest BCUT2D eigenvalue weighted by Crippen LogP contribution is -2.23. The number of ether oxygens (including phenoxy) is 1. The molecule has 0 atom stereocenters. The van der Waals surface area contributed by atoms with E-state index in [9.17, 15) is 9.90 Å². The normalized spacial score (nSPS) is 14.2. The predicted octanol–water partition coefficient (Wildman–Crippen LogP) is 5.14. The van der Waals surface area contributed by atoms with Crippen molar-refractivity contribution in [3.8, 4) is 0 Å². The lowest BCUT2D eigenvalue weighted by atomic mass is 9.95. The molecule has 1 aliphatic rings. The van der Waals surface area contributed by atoms with E-state index in [1.54, 1.807) is 42.5 Å². The van der Waals surface area contributed by atoms with Crippen molar-refractivity contribution in [2.24, 2.45) is 4.99 Å². The monoisotopic (exact) mass is 409 g/mol. The first-order chi connectivity index (χ1) is 14.5. The van der Waals surface area contributed by atoms with E-state index in [-0.39, 0.29) is 17.2 Å². The van der Waals surface area contributed by atoms with Crippen molar-refractivity contribution in [3.63, 3.8) is 0 Å². The third-order valence-electron chi connectivity index (χ3n) is 3.99. The van der Waals surface area contributed by atoms with E-state index in [4.69, 9.17) is 16.2 Å². The average molecular weight is 410 g/mol. The Bertz CT molecular complexity index is 925. The van der Waals surface area contributed by atoms with Gasteiger partial charge in [-0.25, -0.2) is 4.99 Å². The molecular formula is C24H31N3O3. The third-order valence-corrected chi connectivity index (χ3v) is 3.99. The van der Waals surface area contributed by atoms with Crippen LogP contribution in [0.4, 0.5) is 17.1 Å². The minimum Gasteiger partial charge on any atom is -0.504 e. The fraction of sp³-hybridized carbons (Fsp3) is 0.250. The zero-order chi connectivity index (χ0) is 22.7. The number of methoxy groups -OCH3 is 1. The van der Waals surface area contributed by atoms with E-state index in [0.29, 0.717) is 29.1 Å². The van der Waals surface area contributed by atoms with Crippen molar-refractivity contribution in [3.05, 3.63) is 77.3 Å². The first-order valence-electron chi connectivity index (χ1n) is 9.99. The molecule has 3 rings (SSSR count). The van der Waals surface area contributed by atoms with Crippen molar-refractivity contribution in [2.45, 2.75) is 34.1 Å². The van der Waals surface area contributed by atoms with Gasteiger partial charge in [0.1, 0.15) is 5.71 Å². The second-order valence-corrected chi connectivity index (χ2v) is 5.89. The lowest BCUT2D eigenvalue weighted by molar-refractivity contribution is -0.112. The van der Waals surface area contributed by atoms with Gasteiger partial charge >= 0.3 is 0 Å². The second kappa shape index (κ2) is 12.1. The van der Waals surface area contributed by atoms with E-state index in [1.807, 2.05) is 39.8 Å². The standard InChI is InChI=1S/C20H19N3O3.2C2H6/c1-26-20-18(24)13(10-12-2-4-14(21)5-3-12)11-17(19(20)25)23-16-8-6-15(22)7-9-16;2*1-2/h2-9,11,24H,10,21-22H2,1H3;2*1-2H3. The third kappa shape index (κ3) is 6.24. The molecule has 30 heavy (non-hydrogen) atoms. The van der Waals surface area contributed by atoms with E-state index in [0.717, 1.165) is 5.56 Å². The number of rotatable bonds is 4. The molecule has 0 aromatic heterocycles. The summed E-state index contributed by atoms with van der Waals surface area (Å²) in [7, 11) is 1.34. The Morgan fingerprint density at radius 2 is 1.40 bits per heavy atom. The van der Waals surface area contributed by atoms with Crippen LogP contribution < -0.4 is 11.5 Å². The number of carbonyl (C=O) groups excluding carboxylic acids is 1. The molecule has 0 aliphatic heterocycles. The Morgan fingerprint density at radius 3 is 1.90 bits per heavy atom. The van der Waals surface area contributed by atoms with Gasteiger partial charge < -0.3 is 21.3 Å². The summed E-state index contributed by atoms with van der Waals surface area (Å²) in [6.07, 6.45) is 1.99. The SMILES string of the molecule is CC.CC.COC1=C(O)C(Cc2ccc(N)cc2)=CC(=Nc2ccc(N)cc2)C1=O. The number of aliphatic hydroxyl groups excluding tert-OH is 1. The molecule has 2 aromatic carbocycles. The second-order valence-electron chi connectivity index (χ2n) is 5.89. The van der Waals surface area contributed by atoms with E-state index in [1.165, 1.54) is 7.11 Å². The van der Waals surface area contributed by atoms with E-state index in [2.05, 4.69) is 4.99 Å². The van der Waals surface area contributed by atoms with Gasteiger partial charge in [0, 0.05) is 23.4 Å². The molecule has 0 radical (unpaired) electrons. The van der Waals surface area contributed by atoms with Gasteiger partial charge in [-0.3, -0.25) is 4.79 Å². The number of nitrogens with zero attached hydrogens (tertiary/aromatic N) is 1. The number of ketones is 1. The number of allylic oxidation sites excluding steroid dienone is 3. The summed E-state index contributed by atoms with van der Waals surface area (Å²) in [5, 5.41) is 10.4. The minimum absolute atomic E-state index is 0.118. The molecular weight excluding hydrogens is 378 g/mol. The van der Waals surface area contributed by atoms with Gasteiger partial charge in [0.25, 0.3) is 0 Å². The Morgan fingerprint density at radius 1 is 0.900 bits per heavy atom. The van der Waals surface area contributed by atoms with E-state index >= 15 is 0 Å². The first-order valence-corrected chi connectivity index (χ1v) is 9.99. The molecule has 1 aliphatic carbocycles. The van der Waals surface area contributed by atoms with Crippen molar-refractivity contribution in [2.75, 3.05) is 18.6 Å². The largest absolute Gasteiger partial charge is 0.504 e. The molecule has 0 unspecified atom stereocenters. The molecule has 0 saturated carbocycles. The summed E-state index contributed by atoms with van der Waals surface area (Å²) >= 11 is 0. The first kappa shape index (κ1) is 24.5. The zero-order valence-electron chi connectivity index (χ0n) is 18.3. The summed E-state index contributed by atoms with van der Waals surface area (Å²) < 4.78 is 5.11. The van der Waals surface area contributed by atoms with Crippen molar-refractivity contribution < 1.29 is 14.6 Å². The van der Waals surface area contributed by atoms with Crippen molar-refractivity contribution in [1.29, 1.82) is 0 Å². The Kier molecular flexibility index (Phi) is 9.89. The number of carbonyl (C=O) groups is 1. The quantitative estimate of drug-likeness (QED) is 0.478. The van der Waals surface area contributed by atoms with Crippen LogP contribution in [0.1, 0.15) is 33.3 Å². The molecule has 0 bridgehead atoms. The van der Waals surface area contributed by atoms with Crippen LogP contribution in [0.2, 0.25) is 0 Å². The summed E-state index contributed by atoms with van der Waals surface area (Å²) in [6, 6.07) is 14.1. The Labute approximate surface area is 178 Å². The number of aliphatic hydroxyl groups is 1. The number of aliphatic imine (C=N–C) groups is 1. The number of hydrogen-bond acceptors (Lipinski definition) is 6. The molecule has 0 saturated heterocycles. The van der Waals surface area contributed by atoms with Gasteiger partial charge in [0.05, 0.1) is 12.8 Å². The zero-order valence-corrected chi connectivity index (χ0v) is 18.3. The number of benzene rings is 2. The summed E-state index contributed by atoms with van der Waals surface area (Å²) in [5.41, 5.74) is 14.9. The molecule has 6 nitrogen and oxygen atoms in total. The van der Waals surface area contributed by atoms with Gasteiger partial charge in [-0.2, -0.15) is 0 Å². The highest BCUT2D eigenvalue weighted by atomic mass is 16.5. The summed E-state index contributed by atoms with van der Waals surface area (Å²) in [5.74, 6) is -0.763. The lowest BCUT2D eigenvalue weighted by Gasteiger charge is -2.17. The van der Waals surface area contributed by atoms with Gasteiger partial charge in [-0.15, -0.1) is 0 Å². The highest BCUT2D eigenvalue weighted by molar-refractivity contribution is 6.50. The fourth-order valence-corrected chi connectivity index (χ4v) is 2.62. The Balaban J connectivity index is 0.00000106. The maximum Gasteiger partial charge on any atom is 0.249 e. The van der Waals surface area contributed by atoms with Crippen LogP contribution in [-0.4, -0.2) is 23.7 Å². The highest BCUT2D eigenvalue weighted by Crippen LogP contribution is 2.26. The number of anilines is 2. The minimum atomic E-state index is -0.470. The van der Waals surface area contributed by atoms with Crippen LogP contribution >= 0.6 is 0 Å². The summed E-state index contributed by atoms with van der Waals surface area (Å²) in [4.78, 5) is 16.9. The highest BCUT2D eigenvalue weighted by Gasteiger charge is 2.28. The van der Waals surface area contributed by atoms with Crippen LogP contribution in [0.3, 0.4) is 0 Å². The molecule has 0 spiro atoms. The number of Topliss-reactive ketones (excluding diaryl/α,β-unsaturated/α-hetero) is 1. The van der Waals surface area contributed by atoms with Crippen LogP contribution in [0.15, 0.2) is 76.7 Å². The predicted molar refractivity (Wildman–Crippen MR) is 125 cm³/mol. The molecule has 0 fully saturated rings. The molecule has 160 valence electrons. The summed E-state index contributed by atoms with van der Waals surface area (Å²) in [6.45, 7) is 8.00. The number of nitrogen functional groups attached to an aromatic ring is 2. The Hall–Kier alpha value is -3.54. The van der Waals surface area contributed by atoms with Gasteiger partial charge in [-0.1, -0.05) is 39.8 Å². The topological polar surface area (TPSA) is 111 Å². The van der Waals surface area contributed by atoms with Crippen LogP contribution in [-0.2, 0) is 16.0 Å². The van der Waals surface area contributed by atoms with Crippen molar-refractivity contribution in [1.82, 2.24) is 0 Å². The fourth-order valence-electron chi connectivity index (χ4n) is 2.62. The van der Waals surface area contributed by atoms with Crippen LogP contribution in [0, 0.1) is 0 Å². The molecule has 5 N–H and O–H groups in total. The molecule has 2 aromatic rings. The van der Waals surface area contributed by atoms with Gasteiger partial charge in [-0.05, 0) is 48.0 Å². The maximum absolute atomic E-state index is 12.5. The van der Waals surface area contributed by atoms with Gasteiger partial charge in [0.2, 0.25) is 11.5 Å². The smallest absolute Gasteiger partial charge is 0.249 e.